The second-order valence-electron chi connectivity index (χ2n) is 2.87. The van der Waals surface area contributed by atoms with E-state index in [1.54, 1.807) is 0 Å². The summed E-state index contributed by atoms with van der Waals surface area (Å²) in [4.78, 5) is 0. The van der Waals surface area contributed by atoms with Crippen LogP contribution in [0.4, 0.5) is 0 Å². The first-order valence-electron chi connectivity index (χ1n) is 4.08. The highest BCUT2D eigenvalue weighted by molar-refractivity contribution is 7.53. The lowest BCUT2D eigenvalue weighted by molar-refractivity contribution is 0.0925. The second kappa shape index (κ2) is 3.70. The van der Waals surface area contributed by atoms with E-state index in [0.717, 1.165) is 12.8 Å². The Morgan fingerprint density at radius 3 is 2.91 bits per heavy atom. The van der Waals surface area contributed by atoms with E-state index >= 15 is 0 Å². The Hall–Kier alpha value is 0.150. The molecule has 3 nitrogen and oxygen atoms in total. The van der Waals surface area contributed by atoms with Gasteiger partial charge in [0.05, 0.1) is 12.7 Å². The molecule has 0 spiro atoms. The molecule has 1 aliphatic heterocycles. The molecule has 1 fully saturated rings. The van der Waals surface area contributed by atoms with Gasteiger partial charge in [-0.2, -0.15) is 0 Å². The Balaban J connectivity index is 2.49. The molecule has 0 aromatic rings. The standard InChI is InChI=1S/C7H15O3P/c1-3-6-11(8)9-5-4-7(2)10-11/h7H,3-6H2,1-2H3. The molecule has 0 aromatic carbocycles. The van der Waals surface area contributed by atoms with Gasteiger partial charge in [-0.15, -0.1) is 0 Å². The predicted molar refractivity (Wildman–Crippen MR) is 43.9 cm³/mol. The van der Waals surface area contributed by atoms with Crippen molar-refractivity contribution in [1.82, 2.24) is 0 Å². The van der Waals surface area contributed by atoms with Crippen molar-refractivity contribution in [3.8, 4) is 0 Å². The van der Waals surface area contributed by atoms with E-state index in [9.17, 15) is 4.57 Å². The van der Waals surface area contributed by atoms with Gasteiger partial charge in [0.15, 0.2) is 0 Å². The first kappa shape index (κ1) is 9.24. The van der Waals surface area contributed by atoms with E-state index in [1.807, 2.05) is 13.8 Å². The van der Waals surface area contributed by atoms with Crippen molar-refractivity contribution in [3.05, 3.63) is 0 Å². The molecule has 4 heteroatoms. The average Bonchev–Trinajstić information content (AvgIpc) is 1.86. The molecular weight excluding hydrogens is 163 g/mol. The third-order valence-corrected chi connectivity index (χ3v) is 3.90. The van der Waals surface area contributed by atoms with E-state index in [0.29, 0.717) is 12.8 Å². The van der Waals surface area contributed by atoms with Crippen LogP contribution in [0.25, 0.3) is 0 Å². The van der Waals surface area contributed by atoms with Crippen LogP contribution in [0.5, 0.6) is 0 Å². The molecule has 66 valence electrons. The summed E-state index contributed by atoms with van der Waals surface area (Å²) in [6.45, 7) is 4.49. The molecule has 2 unspecified atom stereocenters. The molecule has 1 aliphatic rings. The zero-order chi connectivity index (χ0) is 8.32. The van der Waals surface area contributed by atoms with Gasteiger partial charge in [-0.25, -0.2) is 0 Å². The Kier molecular flexibility index (Phi) is 3.11. The number of hydrogen-bond donors (Lipinski definition) is 0. The molecule has 1 heterocycles. The molecule has 0 bridgehead atoms. The summed E-state index contributed by atoms with van der Waals surface area (Å²) >= 11 is 0. The fourth-order valence-corrected chi connectivity index (χ4v) is 2.99. The largest absolute Gasteiger partial charge is 0.330 e. The van der Waals surface area contributed by atoms with Crippen LogP contribution < -0.4 is 0 Å². The third-order valence-electron chi connectivity index (χ3n) is 1.65. The summed E-state index contributed by atoms with van der Waals surface area (Å²) in [7, 11) is -2.67. The van der Waals surface area contributed by atoms with E-state index in [2.05, 4.69) is 0 Å². The lowest BCUT2D eigenvalue weighted by atomic mass is 10.3. The maximum absolute atomic E-state index is 11.6. The molecular formula is C7H15O3P. The predicted octanol–water partition coefficient (Wildman–Crippen LogP) is 2.41. The Labute approximate surface area is 67.6 Å². The van der Waals surface area contributed by atoms with Crippen LogP contribution in [0, 0.1) is 0 Å². The van der Waals surface area contributed by atoms with Crippen LogP contribution in [0.15, 0.2) is 0 Å². The van der Waals surface area contributed by atoms with Crippen molar-refractivity contribution >= 4 is 7.60 Å². The Morgan fingerprint density at radius 2 is 2.36 bits per heavy atom. The molecule has 11 heavy (non-hydrogen) atoms. The number of hydrogen-bond acceptors (Lipinski definition) is 3. The maximum atomic E-state index is 11.6. The molecule has 0 saturated carbocycles. The van der Waals surface area contributed by atoms with Gasteiger partial charge in [0.25, 0.3) is 0 Å². The van der Waals surface area contributed by atoms with Crippen molar-refractivity contribution in [1.29, 1.82) is 0 Å². The summed E-state index contributed by atoms with van der Waals surface area (Å²) in [5.41, 5.74) is 0. The van der Waals surface area contributed by atoms with Crippen LogP contribution in [0.1, 0.15) is 26.7 Å². The summed E-state index contributed by atoms with van der Waals surface area (Å²) in [5.74, 6) is 0. The lowest BCUT2D eigenvalue weighted by Crippen LogP contribution is -2.18. The summed E-state index contributed by atoms with van der Waals surface area (Å²) in [6, 6.07) is 0. The van der Waals surface area contributed by atoms with Crippen LogP contribution >= 0.6 is 7.60 Å². The molecule has 1 saturated heterocycles. The van der Waals surface area contributed by atoms with Gasteiger partial charge in [0.1, 0.15) is 0 Å². The summed E-state index contributed by atoms with van der Waals surface area (Å²) < 4.78 is 22.0. The first-order chi connectivity index (χ1) is 5.16. The second-order valence-corrected chi connectivity index (χ2v) is 5.01. The van der Waals surface area contributed by atoms with Crippen LogP contribution in [0.3, 0.4) is 0 Å². The van der Waals surface area contributed by atoms with Crippen molar-refractivity contribution in [2.75, 3.05) is 12.8 Å². The third kappa shape index (κ3) is 2.58. The van der Waals surface area contributed by atoms with Gasteiger partial charge < -0.3 is 9.05 Å². The zero-order valence-electron chi connectivity index (χ0n) is 7.08. The first-order valence-corrected chi connectivity index (χ1v) is 5.81. The van der Waals surface area contributed by atoms with Crippen molar-refractivity contribution in [2.45, 2.75) is 32.8 Å². The molecule has 0 N–H and O–H groups in total. The van der Waals surface area contributed by atoms with Crippen LogP contribution in [-0.4, -0.2) is 18.9 Å². The Bertz CT molecular complexity index is 163. The van der Waals surface area contributed by atoms with Crippen molar-refractivity contribution in [3.63, 3.8) is 0 Å². The highest BCUT2D eigenvalue weighted by Gasteiger charge is 2.30. The van der Waals surface area contributed by atoms with Gasteiger partial charge in [-0.05, 0) is 19.8 Å². The van der Waals surface area contributed by atoms with Gasteiger partial charge in [0.2, 0.25) is 0 Å². The maximum Gasteiger partial charge on any atom is 0.330 e. The minimum Gasteiger partial charge on any atom is -0.308 e. The lowest BCUT2D eigenvalue weighted by Gasteiger charge is -2.27. The fourth-order valence-electron chi connectivity index (χ4n) is 1.11. The molecule has 2 atom stereocenters. The monoisotopic (exact) mass is 178 g/mol. The summed E-state index contributed by atoms with van der Waals surface area (Å²) in [5, 5.41) is 0. The van der Waals surface area contributed by atoms with Crippen molar-refractivity contribution < 1.29 is 13.6 Å². The van der Waals surface area contributed by atoms with Gasteiger partial charge in [0, 0.05) is 6.16 Å². The molecule has 0 amide bonds. The normalized spacial score (nSPS) is 38.9. The molecule has 1 rings (SSSR count). The minimum atomic E-state index is -2.67. The smallest absolute Gasteiger partial charge is 0.308 e. The van der Waals surface area contributed by atoms with Crippen LogP contribution in [-0.2, 0) is 13.6 Å². The Morgan fingerprint density at radius 1 is 1.64 bits per heavy atom. The quantitative estimate of drug-likeness (QED) is 0.609. The number of rotatable bonds is 2. The van der Waals surface area contributed by atoms with E-state index in [-0.39, 0.29) is 6.10 Å². The van der Waals surface area contributed by atoms with Gasteiger partial charge in [-0.1, -0.05) is 6.92 Å². The highest BCUT2D eigenvalue weighted by atomic mass is 31.2. The molecule has 0 radical (unpaired) electrons. The van der Waals surface area contributed by atoms with E-state index in [4.69, 9.17) is 9.05 Å². The average molecular weight is 178 g/mol. The topological polar surface area (TPSA) is 35.5 Å². The fraction of sp³-hybridized carbons (Fsp3) is 1.00. The van der Waals surface area contributed by atoms with Gasteiger partial charge in [-0.3, -0.25) is 4.57 Å². The highest BCUT2D eigenvalue weighted by Crippen LogP contribution is 2.52. The van der Waals surface area contributed by atoms with Crippen LogP contribution in [0.2, 0.25) is 0 Å². The zero-order valence-corrected chi connectivity index (χ0v) is 7.97. The van der Waals surface area contributed by atoms with E-state index in [1.165, 1.54) is 0 Å². The minimum absolute atomic E-state index is 0.0983. The molecule has 0 aliphatic carbocycles. The van der Waals surface area contributed by atoms with Crippen molar-refractivity contribution in [2.24, 2.45) is 0 Å². The summed E-state index contributed by atoms with van der Waals surface area (Å²) in [6.07, 6.45) is 2.36. The molecule has 0 aromatic heterocycles. The van der Waals surface area contributed by atoms with E-state index < -0.39 is 7.60 Å². The van der Waals surface area contributed by atoms with Gasteiger partial charge >= 0.3 is 7.60 Å². The SMILES string of the molecule is CCCP1(=O)OCCC(C)O1.